The maximum atomic E-state index is 12.3. The summed E-state index contributed by atoms with van der Waals surface area (Å²) in [5, 5.41) is 7.84. The molecule has 0 saturated heterocycles. The first-order chi connectivity index (χ1) is 12.3. The van der Waals surface area contributed by atoms with Gasteiger partial charge in [-0.25, -0.2) is 13.6 Å². The highest BCUT2D eigenvalue weighted by Crippen LogP contribution is 2.28. The van der Waals surface area contributed by atoms with Crippen molar-refractivity contribution in [2.24, 2.45) is 5.14 Å². The van der Waals surface area contributed by atoms with E-state index in [0.29, 0.717) is 30.3 Å². The Bertz CT molecular complexity index is 864. The molecule has 26 heavy (non-hydrogen) atoms. The second kappa shape index (κ2) is 8.68. The van der Waals surface area contributed by atoms with Crippen molar-refractivity contribution in [2.75, 3.05) is 13.2 Å². The minimum atomic E-state index is -3.73. The summed E-state index contributed by atoms with van der Waals surface area (Å²) in [5.41, 5.74) is 1.19. The van der Waals surface area contributed by atoms with E-state index >= 15 is 0 Å². The van der Waals surface area contributed by atoms with Crippen LogP contribution >= 0.6 is 0 Å². The Labute approximate surface area is 153 Å². The molecule has 1 amide bonds. The lowest BCUT2D eigenvalue weighted by Crippen LogP contribution is -2.23. The number of sulfonamides is 1. The van der Waals surface area contributed by atoms with Crippen LogP contribution in [0.5, 0.6) is 11.5 Å². The summed E-state index contributed by atoms with van der Waals surface area (Å²) in [4.78, 5) is 12.4. The van der Waals surface area contributed by atoms with E-state index in [2.05, 4.69) is 5.32 Å². The number of amides is 1. The number of carbonyl (C=O) groups excluding carboxylic acids is 1. The Morgan fingerprint density at radius 2 is 1.62 bits per heavy atom. The Balaban J connectivity index is 2.06. The molecule has 0 fully saturated rings. The van der Waals surface area contributed by atoms with Gasteiger partial charge in [-0.2, -0.15) is 0 Å². The van der Waals surface area contributed by atoms with Gasteiger partial charge in [0.25, 0.3) is 5.91 Å². The standard InChI is InChI=1S/C18H22N2O5S/c1-3-24-16-10-7-14(11-17(16)25-4-2)18(21)20-12-13-5-8-15(9-6-13)26(19,22)23/h5-11H,3-4,12H2,1-2H3,(H,20,21)(H2,19,22,23). The van der Waals surface area contributed by atoms with Crippen LogP contribution in [0.1, 0.15) is 29.8 Å². The topological polar surface area (TPSA) is 108 Å². The van der Waals surface area contributed by atoms with Crippen LogP contribution in [0.15, 0.2) is 47.4 Å². The average molecular weight is 378 g/mol. The van der Waals surface area contributed by atoms with E-state index < -0.39 is 10.0 Å². The van der Waals surface area contributed by atoms with Crippen molar-refractivity contribution < 1.29 is 22.7 Å². The molecule has 0 spiro atoms. The monoisotopic (exact) mass is 378 g/mol. The molecule has 140 valence electrons. The Morgan fingerprint density at radius 3 is 2.19 bits per heavy atom. The molecule has 0 bridgehead atoms. The van der Waals surface area contributed by atoms with Crippen molar-refractivity contribution >= 4 is 15.9 Å². The van der Waals surface area contributed by atoms with Gasteiger partial charge in [-0.15, -0.1) is 0 Å². The van der Waals surface area contributed by atoms with Gasteiger partial charge in [-0.05, 0) is 49.7 Å². The number of nitrogens with one attached hydrogen (secondary N) is 1. The molecule has 0 aromatic heterocycles. The van der Waals surface area contributed by atoms with Gasteiger partial charge >= 0.3 is 0 Å². The van der Waals surface area contributed by atoms with Crippen LogP contribution < -0.4 is 19.9 Å². The molecule has 7 nitrogen and oxygen atoms in total. The van der Waals surface area contributed by atoms with E-state index in [1.165, 1.54) is 12.1 Å². The molecule has 2 aromatic rings. The summed E-state index contributed by atoms with van der Waals surface area (Å²) in [5.74, 6) is 0.827. The number of carbonyl (C=O) groups is 1. The number of primary sulfonamides is 1. The molecule has 0 unspecified atom stereocenters. The molecule has 8 heteroatoms. The third-order valence-corrected chi connectivity index (χ3v) is 4.44. The summed E-state index contributed by atoms with van der Waals surface area (Å²) < 4.78 is 33.5. The molecule has 0 heterocycles. The van der Waals surface area contributed by atoms with Crippen LogP contribution in [0.2, 0.25) is 0 Å². The highest BCUT2D eigenvalue weighted by molar-refractivity contribution is 7.89. The highest BCUT2D eigenvalue weighted by atomic mass is 32.2. The van der Waals surface area contributed by atoms with Crippen molar-refractivity contribution in [1.29, 1.82) is 0 Å². The van der Waals surface area contributed by atoms with Gasteiger partial charge in [0.05, 0.1) is 18.1 Å². The fourth-order valence-electron chi connectivity index (χ4n) is 2.27. The van der Waals surface area contributed by atoms with Crippen molar-refractivity contribution in [3.63, 3.8) is 0 Å². The minimum absolute atomic E-state index is 0.0282. The van der Waals surface area contributed by atoms with Gasteiger partial charge < -0.3 is 14.8 Å². The molecule has 0 radical (unpaired) electrons. The van der Waals surface area contributed by atoms with Crippen molar-refractivity contribution in [1.82, 2.24) is 5.32 Å². The number of hydrogen-bond acceptors (Lipinski definition) is 5. The fraction of sp³-hybridized carbons (Fsp3) is 0.278. The normalized spacial score (nSPS) is 11.0. The van der Waals surface area contributed by atoms with E-state index in [9.17, 15) is 13.2 Å². The molecule has 0 saturated carbocycles. The van der Waals surface area contributed by atoms with Crippen LogP contribution in [0.25, 0.3) is 0 Å². The molecular formula is C18H22N2O5S. The van der Waals surface area contributed by atoms with E-state index in [4.69, 9.17) is 14.6 Å². The quantitative estimate of drug-likeness (QED) is 0.731. The van der Waals surface area contributed by atoms with Crippen LogP contribution in [0.3, 0.4) is 0 Å². The highest BCUT2D eigenvalue weighted by Gasteiger charge is 2.12. The predicted molar refractivity (Wildman–Crippen MR) is 97.8 cm³/mol. The second-order valence-corrected chi connectivity index (χ2v) is 6.96. The number of hydrogen-bond donors (Lipinski definition) is 2. The molecule has 0 aliphatic rings. The van der Waals surface area contributed by atoms with E-state index in [0.717, 1.165) is 5.56 Å². The first-order valence-corrected chi connectivity index (χ1v) is 9.69. The second-order valence-electron chi connectivity index (χ2n) is 5.40. The van der Waals surface area contributed by atoms with Gasteiger partial charge in [0.1, 0.15) is 0 Å². The molecule has 0 atom stereocenters. The van der Waals surface area contributed by atoms with Gasteiger partial charge in [0.2, 0.25) is 10.0 Å². The van der Waals surface area contributed by atoms with Crippen LogP contribution in [0.4, 0.5) is 0 Å². The lowest BCUT2D eigenvalue weighted by Gasteiger charge is -2.12. The van der Waals surface area contributed by atoms with Gasteiger partial charge in [0.15, 0.2) is 11.5 Å². The van der Waals surface area contributed by atoms with Crippen LogP contribution in [-0.4, -0.2) is 27.5 Å². The minimum Gasteiger partial charge on any atom is -0.490 e. The first-order valence-electron chi connectivity index (χ1n) is 8.14. The zero-order valence-corrected chi connectivity index (χ0v) is 15.5. The fourth-order valence-corrected chi connectivity index (χ4v) is 2.79. The van der Waals surface area contributed by atoms with Crippen LogP contribution in [-0.2, 0) is 16.6 Å². The van der Waals surface area contributed by atoms with Crippen molar-refractivity contribution in [3.05, 3.63) is 53.6 Å². The summed E-state index contributed by atoms with van der Waals surface area (Å²) in [7, 11) is -3.73. The van der Waals surface area contributed by atoms with Crippen LogP contribution in [0, 0.1) is 0 Å². The lowest BCUT2D eigenvalue weighted by atomic mass is 10.1. The summed E-state index contributed by atoms with van der Waals surface area (Å²) in [6.45, 7) is 4.94. The summed E-state index contributed by atoms with van der Waals surface area (Å²) >= 11 is 0. The summed E-state index contributed by atoms with van der Waals surface area (Å²) in [6, 6.07) is 11.0. The van der Waals surface area contributed by atoms with E-state index in [1.54, 1.807) is 30.3 Å². The number of benzene rings is 2. The third-order valence-electron chi connectivity index (χ3n) is 3.51. The first kappa shape index (κ1) is 19.7. The number of nitrogens with two attached hydrogens (primary N) is 1. The molecular weight excluding hydrogens is 356 g/mol. The van der Waals surface area contributed by atoms with Gasteiger partial charge in [-0.3, -0.25) is 4.79 Å². The molecule has 0 aliphatic carbocycles. The Hall–Kier alpha value is -2.58. The third kappa shape index (κ3) is 5.21. The van der Waals surface area contributed by atoms with Crippen molar-refractivity contribution in [2.45, 2.75) is 25.3 Å². The number of rotatable bonds is 8. The molecule has 2 rings (SSSR count). The average Bonchev–Trinajstić information content (AvgIpc) is 2.61. The maximum Gasteiger partial charge on any atom is 0.251 e. The van der Waals surface area contributed by atoms with E-state index in [-0.39, 0.29) is 17.3 Å². The van der Waals surface area contributed by atoms with E-state index in [1.807, 2.05) is 13.8 Å². The maximum absolute atomic E-state index is 12.3. The Kier molecular flexibility index (Phi) is 6.59. The zero-order valence-electron chi connectivity index (χ0n) is 14.7. The molecule has 3 N–H and O–H groups in total. The summed E-state index contributed by atoms with van der Waals surface area (Å²) in [6.07, 6.45) is 0. The Morgan fingerprint density at radius 1 is 1.00 bits per heavy atom. The van der Waals surface area contributed by atoms with Crippen molar-refractivity contribution in [3.8, 4) is 11.5 Å². The van der Waals surface area contributed by atoms with Gasteiger partial charge in [-0.1, -0.05) is 12.1 Å². The molecule has 2 aromatic carbocycles. The lowest BCUT2D eigenvalue weighted by molar-refractivity contribution is 0.0950. The predicted octanol–water partition coefficient (Wildman–Crippen LogP) is 2.06. The largest absolute Gasteiger partial charge is 0.490 e. The van der Waals surface area contributed by atoms with Gasteiger partial charge in [0, 0.05) is 12.1 Å². The smallest absolute Gasteiger partial charge is 0.251 e. The zero-order chi connectivity index (χ0) is 19.2. The molecule has 0 aliphatic heterocycles. The SMILES string of the molecule is CCOc1ccc(C(=O)NCc2ccc(S(N)(=O)=O)cc2)cc1OCC. The number of ether oxygens (including phenoxy) is 2.